The minimum Gasteiger partial charge on any atom is -0.389 e. The zero-order valence-corrected chi connectivity index (χ0v) is 12.7. The molecule has 1 aliphatic rings. The van der Waals surface area contributed by atoms with E-state index < -0.39 is 6.10 Å². The zero-order valence-electron chi connectivity index (χ0n) is 12.7. The smallest absolute Gasteiger partial charge is 0.220 e. The first-order valence-corrected chi connectivity index (χ1v) is 7.01. The Hall–Kier alpha value is -0.650. The van der Waals surface area contributed by atoms with Crippen LogP contribution in [-0.4, -0.2) is 48.5 Å². The van der Waals surface area contributed by atoms with Gasteiger partial charge >= 0.3 is 0 Å². The van der Waals surface area contributed by atoms with E-state index in [2.05, 4.69) is 10.6 Å². The molecule has 1 rings (SSSR count). The van der Waals surface area contributed by atoms with E-state index in [9.17, 15) is 9.90 Å². The first kappa shape index (κ1) is 16.4. The van der Waals surface area contributed by atoms with E-state index in [-0.39, 0.29) is 23.5 Å². The highest BCUT2D eigenvalue weighted by Gasteiger charge is 2.36. The molecule has 1 heterocycles. The molecular weight excluding hydrogens is 244 g/mol. The van der Waals surface area contributed by atoms with Gasteiger partial charge in [-0.3, -0.25) is 4.79 Å². The number of rotatable bonds is 5. The Morgan fingerprint density at radius 1 is 1.42 bits per heavy atom. The van der Waals surface area contributed by atoms with Crippen molar-refractivity contribution in [2.45, 2.75) is 65.3 Å². The van der Waals surface area contributed by atoms with Gasteiger partial charge in [-0.05, 0) is 5.41 Å². The molecule has 0 aliphatic carbocycles. The molecule has 1 amide bonds. The van der Waals surface area contributed by atoms with Crippen molar-refractivity contribution in [3.05, 3.63) is 0 Å². The summed E-state index contributed by atoms with van der Waals surface area (Å²) in [7, 11) is 0. The van der Waals surface area contributed by atoms with Crippen LogP contribution in [0.4, 0.5) is 0 Å². The molecule has 3 atom stereocenters. The van der Waals surface area contributed by atoms with Crippen molar-refractivity contribution in [1.29, 1.82) is 0 Å². The summed E-state index contributed by atoms with van der Waals surface area (Å²) in [5, 5.41) is 16.2. The molecule has 5 heteroatoms. The van der Waals surface area contributed by atoms with Crippen LogP contribution in [0.3, 0.4) is 0 Å². The number of hydrogen-bond donors (Lipinski definition) is 3. The molecular formula is C14H28N2O3. The van der Waals surface area contributed by atoms with E-state index >= 15 is 0 Å². The minimum atomic E-state index is -0.572. The van der Waals surface area contributed by atoms with Crippen LogP contribution in [0.15, 0.2) is 0 Å². The Balaban J connectivity index is 2.33. The average Bonchev–Trinajstić information content (AvgIpc) is 2.54. The molecule has 3 N–H and O–H groups in total. The van der Waals surface area contributed by atoms with E-state index in [1.807, 2.05) is 34.6 Å². The third-order valence-electron chi connectivity index (χ3n) is 3.02. The summed E-state index contributed by atoms with van der Waals surface area (Å²) >= 11 is 0. The molecule has 0 aromatic rings. The highest BCUT2D eigenvalue weighted by atomic mass is 16.5. The first-order chi connectivity index (χ1) is 8.69. The van der Waals surface area contributed by atoms with Crippen LogP contribution in [0, 0.1) is 5.41 Å². The molecule has 19 heavy (non-hydrogen) atoms. The van der Waals surface area contributed by atoms with E-state index in [1.54, 1.807) is 0 Å². The lowest BCUT2D eigenvalue weighted by molar-refractivity contribution is -0.123. The highest BCUT2D eigenvalue weighted by Crippen LogP contribution is 2.18. The fraction of sp³-hybridized carbons (Fsp3) is 0.929. The molecule has 112 valence electrons. The van der Waals surface area contributed by atoms with Gasteiger partial charge in [-0.1, -0.05) is 34.6 Å². The van der Waals surface area contributed by atoms with Crippen LogP contribution in [0.5, 0.6) is 0 Å². The highest BCUT2D eigenvalue weighted by molar-refractivity contribution is 5.76. The number of aliphatic hydroxyl groups excluding tert-OH is 1. The van der Waals surface area contributed by atoms with Crippen molar-refractivity contribution >= 4 is 5.91 Å². The molecule has 0 aromatic heterocycles. The largest absolute Gasteiger partial charge is 0.389 e. The lowest BCUT2D eigenvalue weighted by Crippen LogP contribution is -2.47. The molecule has 1 aliphatic heterocycles. The topological polar surface area (TPSA) is 70.6 Å². The molecule has 1 fully saturated rings. The van der Waals surface area contributed by atoms with Gasteiger partial charge in [-0.25, -0.2) is 0 Å². The maximum Gasteiger partial charge on any atom is 0.220 e. The van der Waals surface area contributed by atoms with Gasteiger partial charge in [0.05, 0.1) is 18.8 Å². The number of ether oxygens (including phenoxy) is 1. The molecule has 5 nitrogen and oxygen atoms in total. The Morgan fingerprint density at radius 3 is 2.58 bits per heavy atom. The number of hydrogen-bond acceptors (Lipinski definition) is 4. The van der Waals surface area contributed by atoms with E-state index in [0.29, 0.717) is 25.6 Å². The summed E-state index contributed by atoms with van der Waals surface area (Å²) in [5.41, 5.74) is -0.0268. The minimum absolute atomic E-state index is 0.00330. The second kappa shape index (κ2) is 6.68. The predicted octanol–water partition coefficient (Wildman–Crippen LogP) is 0.665. The fourth-order valence-corrected chi connectivity index (χ4v) is 2.20. The molecule has 0 saturated carbocycles. The monoisotopic (exact) mass is 272 g/mol. The van der Waals surface area contributed by atoms with Crippen LogP contribution in [0.1, 0.15) is 41.0 Å². The van der Waals surface area contributed by atoms with Crippen molar-refractivity contribution in [2.24, 2.45) is 5.41 Å². The number of nitrogens with one attached hydrogen (secondary N) is 2. The summed E-state index contributed by atoms with van der Waals surface area (Å²) < 4.78 is 5.53. The zero-order chi connectivity index (χ0) is 14.6. The number of amides is 1. The number of aliphatic hydroxyl groups is 1. The van der Waals surface area contributed by atoms with Gasteiger partial charge in [-0.2, -0.15) is 0 Å². The Kier molecular flexibility index (Phi) is 5.77. The maximum atomic E-state index is 11.7. The molecule has 0 aromatic carbocycles. The number of carbonyl (C=O) groups excluding carboxylic acids is 1. The average molecular weight is 272 g/mol. The SMILES string of the molecule is CC(C)NC1COC(CNC(=O)CC(C)(C)C)C1O. The first-order valence-electron chi connectivity index (χ1n) is 7.01. The second-order valence-corrected chi connectivity index (χ2v) is 6.83. The summed E-state index contributed by atoms with van der Waals surface area (Å²) in [6.45, 7) is 11.0. The van der Waals surface area contributed by atoms with Gasteiger partial charge in [0.25, 0.3) is 0 Å². The summed E-state index contributed by atoms with van der Waals surface area (Å²) in [4.78, 5) is 11.7. The molecule has 1 saturated heterocycles. The van der Waals surface area contributed by atoms with Crippen LogP contribution in [-0.2, 0) is 9.53 Å². The van der Waals surface area contributed by atoms with Gasteiger partial charge < -0.3 is 20.5 Å². The van der Waals surface area contributed by atoms with Crippen molar-refractivity contribution in [3.63, 3.8) is 0 Å². The summed E-state index contributed by atoms with van der Waals surface area (Å²) in [5.74, 6) is 0.00330. The van der Waals surface area contributed by atoms with Crippen molar-refractivity contribution in [2.75, 3.05) is 13.2 Å². The van der Waals surface area contributed by atoms with E-state index in [1.165, 1.54) is 0 Å². The third-order valence-corrected chi connectivity index (χ3v) is 3.02. The van der Waals surface area contributed by atoms with Gasteiger partial charge in [0.15, 0.2) is 0 Å². The molecule has 0 spiro atoms. The standard InChI is InChI=1S/C14H28N2O3/c1-9(2)16-10-8-19-11(13(10)18)7-15-12(17)6-14(3,4)5/h9-11,13,16,18H,6-8H2,1-5H3,(H,15,17). The van der Waals surface area contributed by atoms with Crippen molar-refractivity contribution in [3.8, 4) is 0 Å². The Morgan fingerprint density at radius 2 is 2.05 bits per heavy atom. The summed E-state index contributed by atoms with van der Waals surface area (Å²) in [6.07, 6.45) is -0.416. The lowest BCUT2D eigenvalue weighted by atomic mass is 9.92. The fourth-order valence-electron chi connectivity index (χ4n) is 2.20. The number of carbonyl (C=O) groups is 1. The van der Waals surface area contributed by atoms with Gasteiger partial charge in [-0.15, -0.1) is 0 Å². The van der Waals surface area contributed by atoms with Gasteiger partial charge in [0.2, 0.25) is 5.91 Å². The predicted molar refractivity (Wildman–Crippen MR) is 74.9 cm³/mol. The quantitative estimate of drug-likeness (QED) is 0.688. The van der Waals surface area contributed by atoms with Crippen LogP contribution < -0.4 is 10.6 Å². The van der Waals surface area contributed by atoms with E-state index in [0.717, 1.165) is 0 Å². The Labute approximate surface area is 116 Å². The van der Waals surface area contributed by atoms with Gasteiger partial charge in [0, 0.05) is 19.0 Å². The summed E-state index contributed by atoms with van der Waals surface area (Å²) in [6, 6.07) is 0.252. The van der Waals surface area contributed by atoms with Crippen LogP contribution in [0.2, 0.25) is 0 Å². The van der Waals surface area contributed by atoms with E-state index in [4.69, 9.17) is 4.74 Å². The van der Waals surface area contributed by atoms with Crippen molar-refractivity contribution in [1.82, 2.24) is 10.6 Å². The normalized spacial score (nSPS) is 27.8. The third kappa shape index (κ3) is 5.89. The lowest BCUT2D eigenvalue weighted by Gasteiger charge is -2.21. The maximum absolute atomic E-state index is 11.7. The van der Waals surface area contributed by atoms with Crippen LogP contribution >= 0.6 is 0 Å². The van der Waals surface area contributed by atoms with Crippen LogP contribution in [0.25, 0.3) is 0 Å². The second-order valence-electron chi connectivity index (χ2n) is 6.83. The molecule has 3 unspecified atom stereocenters. The molecule has 0 radical (unpaired) electrons. The van der Waals surface area contributed by atoms with Crippen molar-refractivity contribution < 1.29 is 14.6 Å². The molecule has 0 bridgehead atoms. The van der Waals surface area contributed by atoms with Gasteiger partial charge in [0.1, 0.15) is 6.10 Å². The Bertz CT molecular complexity index is 300.